The molecule has 2 rings (SSSR count). The molecule has 0 aliphatic heterocycles. The minimum atomic E-state index is 0.840. The van der Waals surface area contributed by atoms with Crippen LogP contribution < -0.4 is 4.74 Å². The standard InChI is InChI=1S/C16H17NO/c1-12-7-6-8-13(2)16(12)17-11-14-9-4-5-10-15(14)18-3/h4-11H,1-3H3. The van der Waals surface area contributed by atoms with Crippen molar-refractivity contribution in [3.63, 3.8) is 0 Å². The summed E-state index contributed by atoms with van der Waals surface area (Å²) in [6.45, 7) is 4.14. The first-order valence-electron chi connectivity index (χ1n) is 5.95. The second-order valence-electron chi connectivity index (χ2n) is 4.24. The minimum absolute atomic E-state index is 0.840. The zero-order chi connectivity index (χ0) is 13.0. The van der Waals surface area contributed by atoms with Crippen LogP contribution in [0, 0.1) is 13.8 Å². The largest absolute Gasteiger partial charge is 0.496 e. The van der Waals surface area contributed by atoms with Crippen LogP contribution in [0.3, 0.4) is 0 Å². The predicted molar refractivity (Wildman–Crippen MR) is 76.2 cm³/mol. The number of hydrogen-bond donors (Lipinski definition) is 0. The van der Waals surface area contributed by atoms with Crippen molar-refractivity contribution in [3.05, 3.63) is 59.2 Å². The van der Waals surface area contributed by atoms with Gasteiger partial charge >= 0.3 is 0 Å². The van der Waals surface area contributed by atoms with Gasteiger partial charge in [-0.25, -0.2) is 0 Å². The average Bonchev–Trinajstić information content (AvgIpc) is 2.38. The maximum atomic E-state index is 5.30. The fourth-order valence-corrected chi connectivity index (χ4v) is 1.92. The van der Waals surface area contributed by atoms with E-state index in [1.54, 1.807) is 7.11 Å². The fraction of sp³-hybridized carbons (Fsp3) is 0.188. The van der Waals surface area contributed by atoms with Crippen LogP contribution in [-0.2, 0) is 0 Å². The summed E-state index contributed by atoms with van der Waals surface area (Å²) in [7, 11) is 1.67. The van der Waals surface area contributed by atoms with Crippen molar-refractivity contribution in [1.29, 1.82) is 0 Å². The van der Waals surface area contributed by atoms with E-state index in [4.69, 9.17) is 4.74 Å². The molecule has 92 valence electrons. The summed E-state index contributed by atoms with van der Waals surface area (Å²) < 4.78 is 5.30. The lowest BCUT2D eigenvalue weighted by atomic mass is 10.1. The molecule has 2 nitrogen and oxygen atoms in total. The van der Waals surface area contributed by atoms with Gasteiger partial charge in [-0.3, -0.25) is 4.99 Å². The van der Waals surface area contributed by atoms with Crippen molar-refractivity contribution >= 4 is 11.9 Å². The lowest BCUT2D eigenvalue weighted by Crippen LogP contribution is -1.90. The van der Waals surface area contributed by atoms with E-state index in [0.29, 0.717) is 0 Å². The maximum Gasteiger partial charge on any atom is 0.127 e. The van der Waals surface area contributed by atoms with Crippen molar-refractivity contribution < 1.29 is 4.74 Å². The molecule has 0 radical (unpaired) electrons. The van der Waals surface area contributed by atoms with Gasteiger partial charge < -0.3 is 4.74 Å². The molecule has 0 atom stereocenters. The Morgan fingerprint density at radius 1 is 0.944 bits per heavy atom. The van der Waals surface area contributed by atoms with E-state index >= 15 is 0 Å². The van der Waals surface area contributed by atoms with Crippen LogP contribution in [0.5, 0.6) is 5.75 Å². The highest BCUT2D eigenvalue weighted by atomic mass is 16.5. The number of para-hydroxylation sites is 2. The minimum Gasteiger partial charge on any atom is -0.496 e. The summed E-state index contributed by atoms with van der Waals surface area (Å²) >= 11 is 0. The molecule has 0 aromatic heterocycles. The van der Waals surface area contributed by atoms with Crippen LogP contribution in [0.1, 0.15) is 16.7 Å². The maximum absolute atomic E-state index is 5.30. The van der Waals surface area contributed by atoms with E-state index < -0.39 is 0 Å². The Morgan fingerprint density at radius 2 is 1.61 bits per heavy atom. The van der Waals surface area contributed by atoms with Crippen LogP contribution in [0.25, 0.3) is 0 Å². The molecule has 18 heavy (non-hydrogen) atoms. The van der Waals surface area contributed by atoms with Gasteiger partial charge in [0.25, 0.3) is 0 Å². The molecule has 0 unspecified atom stereocenters. The first kappa shape index (κ1) is 12.4. The molecule has 0 spiro atoms. The molecule has 0 saturated carbocycles. The topological polar surface area (TPSA) is 21.6 Å². The third-order valence-electron chi connectivity index (χ3n) is 2.91. The van der Waals surface area contributed by atoms with Crippen molar-refractivity contribution in [1.82, 2.24) is 0 Å². The van der Waals surface area contributed by atoms with Crippen molar-refractivity contribution in [2.45, 2.75) is 13.8 Å². The van der Waals surface area contributed by atoms with Gasteiger partial charge in [0, 0.05) is 11.8 Å². The molecular formula is C16H17NO. The van der Waals surface area contributed by atoms with Gasteiger partial charge in [-0.15, -0.1) is 0 Å². The molecule has 2 heteroatoms. The van der Waals surface area contributed by atoms with Gasteiger partial charge in [0.15, 0.2) is 0 Å². The second kappa shape index (κ2) is 5.50. The van der Waals surface area contributed by atoms with Crippen LogP contribution in [0.4, 0.5) is 5.69 Å². The Labute approximate surface area is 108 Å². The van der Waals surface area contributed by atoms with Crippen LogP contribution in [-0.4, -0.2) is 13.3 Å². The molecule has 0 aliphatic carbocycles. The van der Waals surface area contributed by atoms with Gasteiger partial charge in [0.1, 0.15) is 5.75 Å². The molecule has 2 aromatic rings. The van der Waals surface area contributed by atoms with Gasteiger partial charge in [-0.1, -0.05) is 30.3 Å². The number of hydrogen-bond acceptors (Lipinski definition) is 2. The highest BCUT2D eigenvalue weighted by molar-refractivity contribution is 5.86. The highest BCUT2D eigenvalue weighted by Crippen LogP contribution is 2.23. The van der Waals surface area contributed by atoms with E-state index in [1.807, 2.05) is 36.5 Å². The van der Waals surface area contributed by atoms with Crippen molar-refractivity contribution in [3.8, 4) is 5.75 Å². The van der Waals surface area contributed by atoms with Crippen LogP contribution >= 0.6 is 0 Å². The van der Waals surface area contributed by atoms with Gasteiger partial charge in [0.2, 0.25) is 0 Å². The third kappa shape index (κ3) is 2.59. The summed E-state index contributed by atoms with van der Waals surface area (Å²) in [5.74, 6) is 0.840. The quantitative estimate of drug-likeness (QED) is 0.740. The molecule has 0 aliphatic rings. The average molecular weight is 239 g/mol. The Morgan fingerprint density at radius 3 is 2.28 bits per heavy atom. The zero-order valence-corrected chi connectivity index (χ0v) is 11.0. The summed E-state index contributed by atoms with van der Waals surface area (Å²) in [6, 6.07) is 14.1. The Hall–Kier alpha value is -2.09. The Bertz CT molecular complexity index is 553. The molecule has 0 heterocycles. The number of aliphatic imine (C=N–C) groups is 1. The van der Waals surface area contributed by atoms with E-state index in [2.05, 4.69) is 31.0 Å². The highest BCUT2D eigenvalue weighted by Gasteiger charge is 2.01. The number of aryl methyl sites for hydroxylation is 2. The summed E-state index contributed by atoms with van der Waals surface area (Å²) in [5, 5.41) is 0. The Balaban J connectivity index is 2.36. The van der Waals surface area contributed by atoms with Gasteiger partial charge in [-0.05, 0) is 37.1 Å². The zero-order valence-electron chi connectivity index (χ0n) is 11.0. The molecule has 0 fully saturated rings. The predicted octanol–water partition coefficient (Wildman–Crippen LogP) is 4.06. The van der Waals surface area contributed by atoms with Gasteiger partial charge in [-0.2, -0.15) is 0 Å². The fourth-order valence-electron chi connectivity index (χ4n) is 1.92. The summed E-state index contributed by atoms with van der Waals surface area (Å²) in [6.07, 6.45) is 1.86. The summed E-state index contributed by atoms with van der Waals surface area (Å²) in [5.41, 5.74) is 4.38. The summed E-state index contributed by atoms with van der Waals surface area (Å²) in [4.78, 5) is 4.58. The normalized spacial score (nSPS) is 10.8. The number of ether oxygens (including phenoxy) is 1. The number of nitrogens with zero attached hydrogens (tertiary/aromatic N) is 1. The monoisotopic (exact) mass is 239 g/mol. The SMILES string of the molecule is COc1ccccc1C=Nc1c(C)cccc1C. The first-order valence-corrected chi connectivity index (χ1v) is 5.95. The van der Waals surface area contributed by atoms with E-state index in [1.165, 1.54) is 11.1 Å². The van der Waals surface area contributed by atoms with E-state index in [0.717, 1.165) is 17.0 Å². The lowest BCUT2D eigenvalue weighted by Gasteiger charge is -2.05. The lowest BCUT2D eigenvalue weighted by molar-refractivity contribution is 0.414. The molecule has 2 aromatic carbocycles. The van der Waals surface area contributed by atoms with Gasteiger partial charge in [0.05, 0.1) is 12.8 Å². The van der Waals surface area contributed by atoms with Crippen molar-refractivity contribution in [2.24, 2.45) is 4.99 Å². The van der Waals surface area contributed by atoms with Crippen LogP contribution in [0.15, 0.2) is 47.5 Å². The number of rotatable bonds is 3. The smallest absolute Gasteiger partial charge is 0.127 e. The molecule has 0 N–H and O–H groups in total. The molecule has 0 saturated heterocycles. The van der Waals surface area contributed by atoms with Crippen molar-refractivity contribution in [2.75, 3.05) is 7.11 Å². The third-order valence-corrected chi connectivity index (χ3v) is 2.91. The molecular weight excluding hydrogens is 222 g/mol. The second-order valence-corrected chi connectivity index (χ2v) is 4.24. The Kier molecular flexibility index (Phi) is 3.78. The number of methoxy groups -OCH3 is 1. The molecule has 0 bridgehead atoms. The van der Waals surface area contributed by atoms with E-state index in [9.17, 15) is 0 Å². The number of benzene rings is 2. The first-order chi connectivity index (χ1) is 8.72. The molecule has 0 amide bonds. The van der Waals surface area contributed by atoms with E-state index in [-0.39, 0.29) is 0 Å². The van der Waals surface area contributed by atoms with Crippen LogP contribution in [0.2, 0.25) is 0 Å².